The second kappa shape index (κ2) is 7.23. The van der Waals surface area contributed by atoms with E-state index in [2.05, 4.69) is 42.8 Å². The Kier molecular flexibility index (Phi) is 5.59. The molecule has 1 fully saturated rings. The van der Waals surface area contributed by atoms with E-state index in [4.69, 9.17) is 0 Å². The van der Waals surface area contributed by atoms with Crippen LogP contribution < -0.4 is 10.2 Å². The highest BCUT2D eigenvalue weighted by molar-refractivity contribution is 5.56. The fraction of sp³-hybridized carbons (Fsp3) is 0.647. The van der Waals surface area contributed by atoms with E-state index in [-0.39, 0.29) is 11.9 Å². The molecule has 0 saturated carbocycles. The van der Waals surface area contributed by atoms with Gasteiger partial charge in [0.15, 0.2) is 0 Å². The van der Waals surface area contributed by atoms with Crippen LogP contribution in [0.2, 0.25) is 0 Å². The molecule has 1 heterocycles. The van der Waals surface area contributed by atoms with E-state index in [1.807, 2.05) is 12.1 Å². The molecule has 0 amide bonds. The van der Waals surface area contributed by atoms with E-state index >= 15 is 0 Å². The van der Waals surface area contributed by atoms with Crippen molar-refractivity contribution in [3.63, 3.8) is 0 Å². The van der Waals surface area contributed by atoms with E-state index in [1.54, 1.807) is 6.07 Å². The minimum absolute atomic E-state index is 0.102. The van der Waals surface area contributed by atoms with Gasteiger partial charge in [0.2, 0.25) is 0 Å². The van der Waals surface area contributed by atoms with E-state index in [1.165, 1.54) is 0 Å². The van der Waals surface area contributed by atoms with Crippen LogP contribution in [0, 0.1) is 5.82 Å². The smallest absolute Gasteiger partial charge is 0.146 e. The summed E-state index contributed by atoms with van der Waals surface area (Å²) in [6.45, 7) is 13.3. The molecule has 0 spiro atoms. The van der Waals surface area contributed by atoms with E-state index in [9.17, 15) is 4.39 Å². The highest BCUT2D eigenvalue weighted by atomic mass is 19.1. The van der Waals surface area contributed by atoms with Crippen molar-refractivity contribution in [2.24, 2.45) is 0 Å². The third-order valence-electron chi connectivity index (χ3n) is 4.36. The van der Waals surface area contributed by atoms with Gasteiger partial charge in [-0.05, 0) is 38.9 Å². The first-order valence-electron chi connectivity index (χ1n) is 8.05. The Morgan fingerprint density at radius 1 is 1.14 bits per heavy atom. The van der Waals surface area contributed by atoms with Crippen molar-refractivity contribution in [1.29, 1.82) is 0 Å². The second-order valence-corrected chi connectivity index (χ2v) is 6.07. The highest BCUT2D eigenvalue weighted by Gasteiger charge is 2.24. The van der Waals surface area contributed by atoms with Crippen LogP contribution in [-0.2, 0) is 0 Å². The third kappa shape index (κ3) is 3.74. The molecule has 118 valence electrons. The summed E-state index contributed by atoms with van der Waals surface area (Å²) in [6, 6.07) is 6.16. The van der Waals surface area contributed by atoms with Crippen LogP contribution in [-0.4, -0.2) is 43.7 Å². The lowest BCUT2D eigenvalue weighted by atomic mass is 10.0. The molecule has 3 nitrogen and oxygen atoms in total. The summed E-state index contributed by atoms with van der Waals surface area (Å²) >= 11 is 0. The molecule has 0 aromatic heterocycles. The fourth-order valence-electron chi connectivity index (χ4n) is 3.09. The summed E-state index contributed by atoms with van der Waals surface area (Å²) in [7, 11) is 0. The van der Waals surface area contributed by atoms with Crippen LogP contribution in [0.25, 0.3) is 0 Å². The second-order valence-electron chi connectivity index (χ2n) is 6.07. The molecule has 21 heavy (non-hydrogen) atoms. The molecule has 1 aromatic rings. The summed E-state index contributed by atoms with van der Waals surface area (Å²) in [5.41, 5.74) is 1.85. The fourth-order valence-corrected chi connectivity index (χ4v) is 3.09. The quantitative estimate of drug-likeness (QED) is 0.900. The normalized spacial score (nSPS) is 18.3. The predicted molar refractivity (Wildman–Crippen MR) is 87.4 cm³/mol. The molecule has 0 bridgehead atoms. The Hall–Kier alpha value is -1.13. The van der Waals surface area contributed by atoms with Crippen molar-refractivity contribution >= 4 is 5.69 Å². The van der Waals surface area contributed by atoms with E-state index in [0.29, 0.717) is 6.04 Å². The van der Waals surface area contributed by atoms with Crippen LogP contribution in [0.15, 0.2) is 18.2 Å². The standard InChI is InChI=1S/C17H28FN3/c1-5-19-14(4)15-7-6-8-16(18)17(15)21-11-9-20(10-12-21)13(2)3/h6-8,13-14,19H,5,9-12H2,1-4H3. The topological polar surface area (TPSA) is 18.5 Å². The van der Waals surface area contributed by atoms with Crippen LogP contribution in [0.4, 0.5) is 10.1 Å². The Labute approximate surface area is 128 Å². The maximum Gasteiger partial charge on any atom is 0.146 e. The lowest BCUT2D eigenvalue weighted by molar-refractivity contribution is 0.209. The van der Waals surface area contributed by atoms with Gasteiger partial charge in [0.1, 0.15) is 5.82 Å². The first-order valence-corrected chi connectivity index (χ1v) is 8.05. The first-order chi connectivity index (χ1) is 10.0. The summed E-state index contributed by atoms with van der Waals surface area (Å²) < 4.78 is 14.4. The molecule has 1 N–H and O–H groups in total. The molecule has 1 atom stereocenters. The van der Waals surface area contributed by atoms with Crippen LogP contribution >= 0.6 is 0 Å². The van der Waals surface area contributed by atoms with Crippen molar-refractivity contribution in [1.82, 2.24) is 10.2 Å². The van der Waals surface area contributed by atoms with Crippen molar-refractivity contribution in [3.8, 4) is 0 Å². The van der Waals surface area contributed by atoms with Gasteiger partial charge < -0.3 is 10.2 Å². The molecule has 0 radical (unpaired) electrons. The number of anilines is 1. The number of nitrogens with zero attached hydrogens (tertiary/aromatic N) is 2. The minimum Gasteiger partial charge on any atom is -0.366 e. The molecule has 1 aliphatic heterocycles. The lowest BCUT2D eigenvalue weighted by Gasteiger charge is -2.39. The van der Waals surface area contributed by atoms with Gasteiger partial charge in [-0.25, -0.2) is 4.39 Å². The van der Waals surface area contributed by atoms with Gasteiger partial charge in [-0.1, -0.05) is 19.1 Å². The van der Waals surface area contributed by atoms with Gasteiger partial charge in [-0.3, -0.25) is 4.90 Å². The molecule has 1 aromatic carbocycles. The first kappa shape index (κ1) is 16.2. The SMILES string of the molecule is CCNC(C)c1cccc(F)c1N1CCN(C(C)C)CC1. The van der Waals surface area contributed by atoms with E-state index in [0.717, 1.165) is 44.0 Å². The Balaban J connectivity index is 2.19. The number of rotatable bonds is 5. The van der Waals surface area contributed by atoms with Gasteiger partial charge in [-0.15, -0.1) is 0 Å². The number of halogens is 1. The number of hydrogen-bond acceptors (Lipinski definition) is 3. The highest BCUT2D eigenvalue weighted by Crippen LogP contribution is 2.30. The van der Waals surface area contributed by atoms with Gasteiger partial charge in [0, 0.05) is 38.3 Å². The molecular weight excluding hydrogens is 265 g/mol. The van der Waals surface area contributed by atoms with Crippen molar-refractivity contribution in [3.05, 3.63) is 29.6 Å². The number of nitrogens with one attached hydrogen (secondary N) is 1. The van der Waals surface area contributed by atoms with Crippen LogP contribution in [0.3, 0.4) is 0 Å². The van der Waals surface area contributed by atoms with Gasteiger partial charge in [0.25, 0.3) is 0 Å². The Bertz CT molecular complexity index is 453. The van der Waals surface area contributed by atoms with Gasteiger partial charge in [0.05, 0.1) is 5.69 Å². The summed E-state index contributed by atoms with van der Waals surface area (Å²) in [5, 5.41) is 3.39. The van der Waals surface area contributed by atoms with Crippen LogP contribution in [0.1, 0.15) is 39.3 Å². The lowest BCUT2D eigenvalue weighted by Crippen LogP contribution is -2.49. The molecule has 1 unspecified atom stereocenters. The maximum atomic E-state index is 14.4. The largest absolute Gasteiger partial charge is 0.366 e. The zero-order valence-corrected chi connectivity index (χ0v) is 13.7. The number of para-hydroxylation sites is 1. The molecule has 1 aliphatic rings. The molecule has 2 rings (SSSR count). The Morgan fingerprint density at radius 2 is 1.81 bits per heavy atom. The monoisotopic (exact) mass is 293 g/mol. The minimum atomic E-state index is -0.102. The number of hydrogen-bond donors (Lipinski definition) is 1. The molecule has 1 saturated heterocycles. The average molecular weight is 293 g/mol. The third-order valence-corrected chi connectivity index (χ3v) is 4.36. The summed E-state index contributed by atoms with van der Waals surface area (Å²) in [4.78, 5) is 4.65. The number of piperazine rings is 1. The molecule has 0 aliphatic carbocycles. The van der Waals surface area contributed by atoms with E-state index < -0.39 is 0 Å². The molecule has 4 heteroatoms. The summed E-state index contributed by atoms with van der Waals surface area (Å²) in [5.74, 6) is -0.102. The van der Waals surface area contributed by atoms with Gasteiger partial charge >= 0.3 is 0 Å². The maximum absolute atomic E-state index is 14.4. The van der Waals surface area contributed by atoms with Crippen molar-refractivity contribution in [2.45, 2.75) is 39.8 Å². The summed E-state index contributed by atoms with van der Waals surface area (Å²) in [6.07, 6.45) is 0. The van der Waals surface area contributed by atoms with Crippen molar-refractivity contribution in [2.75, 3.05) is 37.6 Å². The zero-order valence-electron chi connectivity index (χ0n) is 13.7. The van der Waals surface area contributed by atoms with Crippen LogP contribution in [0.5, 0.6) is 0 Å². The molecular formula is C17H28FN3. The van der Waals surface area contributed by atoms with Crippen molar-refractivity contribution < 1.29 is 4.39 Å². The van der Waals surface area contributed by atoms with Gasteiger partial charge in [-0.2, -0.15) is 0 Å². The Morgan fingerprint density at radius 3 is 2.38 bits per heavy atom. The number of benzene rings is 1. The average Bonchev–Trinajstić information content (AvgIpc) is 2.47. The zero-order chi connectivity index (χ0) is 15.4. The predicted octanol–water partition coefficient (Wildman–Crippen LogP) is 3.03.